The van der Waals surface area contributed by atoms with E-state index in [0.717, 1.165) is 5.56 Å². The average Bonchev–Trinajstić information content (AvgIpc) is 2.48. The largest absolute Gasteiger partial charge is 0.495 e. The molecule has 21 heavy (non-hydrogen) atoms. The molecule has 0 bridgehead atoms. The molecule has 4 nitrogen and oxygen atoms in total. The zero-order valence-electron chi connectivity index (χ0n) is 11.5. The Morgan fingerprint density at radius 2 is 2.00 bits per heavy atom. The predicted octanol–water partition coefficient (Wildman–Crippen LogP) is 4.21. The van der Waals surface area contributed by atoms with E-state index in [1.165, 1.54) is 13.2 Å². The second-order valence-corrected chi connectivity index (χ2v) is 4.86. The molecule has 108 valence electrons. The summed E-state index contributed by atoms with van der Waals surface area (Å²) in [4.78, 5) is 10.8. The lowest BCUT2D eigenvalue weighted by atomic mass is 10.1. The molecule has 0 unspecified atom stereocenters. The smallest absolute Gasteiger partial charge is 0.251 e. The van der Waals surface area contributed by atoms with E-state index in [9.17, 15) is 10.1 Å². The minimum atomic E-state index is -0.370. The van der Waals surface area contributed by atoms with Gasteiger partial charge in [-0.2, -0.15) is 0 Å². The number of nitrogens with zero attached hydrogens (tertiary/aromatic N) is 1. The minimum absolute atomic E-state index is 0.113. The molecule has 0 radical (unpaired) electrons. The quantitative estimate of drug-likeness (QED) is 0.614. The summed E-state index contributed by atoms with van der Waals surface area (Å²) in [6.07, 6.45) is 1.79. The van der Waals surface area contributed by atoms with Crippen LogP contribution in [0.5, 0.6) is 5.75 Å². The molecule has 0 heterocycles. The van der Waals surface area contributed by atoms with Crippen LogP contribution in [0.2, 0.25) is 5.02 Å². The van der Waals surface area contributed by atoms with E-state index in [2.05, 4.69) is 0 Å². The van der Waals surface area contributed by atoms with Crippen molar-refractivity contribution in [3.05, 3.63) is 80.5 Å². The van der Waals surface area contributed by atoms with Gasteiger partial charge in [0.25, 0.3) is 5.70 Å². The first-order chi connectivity index (χ1) is 10.1. The number of benzene rings is 2. The van der Waals surface area contributed by atoms with E-state index in [4.69, 9.17) is 16.3 Å². The van der Waals surface area contributed by atoms with E-state index in [-0.39, 0.29) is 17.0 Å². The molecule has 2 aromatic carbocycles. The predicted molar refractivity (Wildman–Crippen MR) is 83.1 cm³/mol. The van der Waals surface area contributed by atoms with Crippen LogP contribution in [-0.2, 0) is 6.42 Å². The number of hydrogen-bond donors (Lipinski definition) is 0. The van der Waals surface area contributed by atoms with Gasteiger partial charge in [-0.25, -0.2) is 0 Å². The first-order valence-corrected chi connectivity index (χ1v) is 6.70. The van der Waals surface area contributed by atoms with Crippen LogP contribution in [0.15, 0.2) is 54.2 Å². The summed E-state index contributed by atoms with van der Waals surface area (Å²) in [6, 6.07) is 14.4. The Morgan fingerprint density at radius 3 is 2.57 bits per heavy atom. The Morgan fingerprint density at radius 1 is 1.29 bits per heavy atom. The Bertz CT molecular complexity index is 668. The van der Waals surface area contributed by atoms with Crippen LogP contribution in [0, 0.1) is 10.1 Å². The maximum atomic E-state index is 11.2. The molecule has 0 amide bonds. The van der Waals surface area contributed by atoms with E-state index in [1.807, 2.05) is 30.3 Å². The van der Waals surface area contributed by atoms with Gasteiger partial charge < -0.3 is 4.74 Å². The number of halogens is 1. The monoisotopic (exact) mass is 303 g/mol. The van der Waals surface area contributed by atoms with E-state index in [0.29, 0.717) is 16.3 Å². The fourth-order valence-electron chi connectivity index (χ4n) is 1.94. The number of allylic oxidation sites excluding steroid dienone is 1. The van der Waals surface area contributed by atoms with Gasteiger partial charge >= 0.3 is 0 Å². The molecule has 2 rings (SSSR count). The highest BCUT2D eigenvalue weighted by molar-refractivity contribution is 6.32. The number of rotatable bonds is 5. The standard InChI is InChI=1S/C16H14ClNO3/c1-21-16-8-7-13(11-15(16)17)10-14(18(19)20)9-12-5-3-2-4-6-12/h2-8,10-11H,9H2,1H3. The third kappa shape index (κ3) is 4.07. The Kier molecular flexibility index (Phi) is 4.95. The van der Waals surface area contributed by atoms with Gasteiger partial charge in [0.1, 0.15) is 5.75 Å². The highest BCUT2D eigenvalue weighted by Gasteiger charge is 2.12. The molecule has 0 saturated carbocycles. The van der Waals surface area contributed by atoms with Gasteiger partial charge in [0.2, 0.25) is 0 Å². The lowest BCUT2D eigenvalue weighted by Gasteiger charge is -2.04. The van der Waals surface area contributed by atoms with Crippen molar-refractivity contribution in [1.29, 1.82) is 0 Å². The van der Waals surface area contributed by atoms with E-state index >= 15 is 0 Å². The third-order valence-corrected chi connectivity index (χ3v) is 3.27. The normalized spacial score (nSPS) is 11.2. The molecule has 0 spiro atoms. The summed E-state index contributed by atoms with van der Waals surface area (Å²) in [5.74, 6) is 0.541. The van der Waals surface area contributed by atoms with Crippen LogP contribution in [0.1, 0.15) is 11.1 Å². The van der Waals surface area contributed by atoms with Crippen LogP contribution in [0.25, 0.3) is 6.08 Å². The first-order valence-electron chi connectivity index (χ1n) is 6.32. The van der Waals surface area contributed by atoms with Crippen molar-refractivity contribution in [3.8, 4) is 5.75 Å². The summed E-state index contributed by atoms with van der Waals surface area (Å²) < 4.78 is 5.06. The number of methoxy groups -OCH3 is 1. The Balaban J connectivity index is 2.29. The molecule has 2 aromatic rings. The van der Waals surface area contributed by atoms with Crippen molar-refractivity contribution in [3.63, 3.8) is 0 Å². The average molecular weight is 304 g/mol. The van der Waals surface area contributed by atoms with Gasteiger partial charge in [-0.1, -0.05) is 48.0 Å². The lowest BCUT2D eigenvalue weighted by molar-refractivity contribution is -0.425. The van der Waals surface area contributed by atoms with Gasteiger partial charge in [0.05, 0.1) is 23.5 Å². The van der Waals surface area contributed by atoms with Crippen LogP contribution in [0.4, 0.5) is 0 Å². The highest BCUT2D eigenvalue weighted by Crippen LogP contribution is 2.26. The summed E-state index contributed by atoms with van der Waals surface area (Å²) in [5, 5.41) is 11.6. The minimum Gasteiger partial charge on any atom is -0.495 e. The van der Waals surface area contributed by atoms with Gasteiger partial charge in [-0.3, -0.25) is 10.1 Å². The molecule has 5 heteroatoms. The topological polar surface area (TPSA) is 52.4 Å². The number of ether oxygens (including phenoxy) is 1. The van der Waals surface area contributed by atoms with E-state index < -0.39 is 0 Å². The molecule has 0 aliphatic rings. The summed E-state index contributed by atoms with van der Waals surface area (Å²) in [7, 11) is 1.52. The van der Waals surface area contributed by atoms with Crippen molar-refractivity contribution >= 4 is 17.7 Å². The first kappa shape index (κ1) is 15.1. The van der Waals surface area contributed by atoms with Crippen molar-refractivity contribution in [2.45, 2.75) is 6.42 Å². The van der Waals surface area contributed by atoms with Gasteiger partial charge in [-0.05, 0) is 23.3 Å². The molecule has 0 N–H and O–H groups in total. The van der Waals surface area contributed by atoms with Gasteiger partial charge in [0, 0.05) is 6.08 Å². The van der Waals surface area contributed by atoms with Crippen LogP contribution in [-0.4, -0.2) is 12.0 Å². The summed E-state index contributed by atoms with van der Waals surface area (Å²) in [5.41, 5.74) is 1.67. The fraction of sp³-hybridized carbons (Fsp3) is 0.125. The zero-order chi connectivity index (χ0) is 15.2. The molecule has 0 aliphatic heterocycles. The van der Waals surface area contributed by atoms with Crippen molar-refractivity contribution in [1.82, 2.24) is 0 Å². The molecule has 0 aliphatic carbocycles. The molecular formula is C16H14ClNO3. The maximum Gasteiger partial charge on any atom is 0.251 e. The second kappa shape index (κ2) is 6.90. The molecular weight excluding hydrogens is 290 g/mol. The molecule has 0 aromatic heterocycles. The van der Waals surface area contributed by atoms with Crippen molar-refractivity contribution in [2.24, 2.45) is 0 Å². The van der Waals surface area contributed by atoms with Gasteiger partial charge in [-0.15, -0.1) is 0 Å². The Labute approximate surface area is 127 Å². The van der Waals surface area contributed by atoms with Crippen molar-refractivity contribution < 1.29 is 9.66 Å². The lowest BCUT2D eigenvalue weighted by Crippen LogP contribution is -2.02. The van der Waals surface area contributed by atoms with Crippen molar-refractivity contribution in [2.75, 3.05) is 7.11 Å². The highest BCUT2D eigenvalue weighted by atomic mass is 35.5. The zero-order valence-corrected chi connectivity index (χ0v) is 12.2. The second-order valence-electron chi connectivity index (χ2n) is 4.45. The molecule has 0 atom stereocenters. The summed E-state index contributed by atoms with van der Waals surface area (Å²) >= 11 is 6.03. The maximum absolute atomic E-state index is 11.2. The SMILES string of the molecule is COc1ccc(C=C(Cc2ccccc2)[N+](=O)[O-])cc1Cl. The van der Waals surface area contributed by atoms with Crippen LogP contribution in [0.3, 0.4) is 0 Å². The molecule has 0 fully saturated rings. The molecule has 0 saturated heterocycles. The number of hydrogen-bond acceptors (Lipinski definition) is 3. The summed E-state index contributed by atoms with van der Waals surface area (Å²) in [6.45, 7) is 0. The van der Waals surface area contributed by atoms with Gasteiger partial charge in [0.15, 0.2) is 0 Å². The van der Waals surface area contributed by atoms with E-state index in [1.54, 1.807) is 18.2 Å². The number of nitro groups is 1. The fourth-order valence-corrected chi connectivity index (χ4v) is 2.20. The third-order valence-electron chi connectivity index (χ3n) is 2.97. The Hall–Kier alpha value is -2.33. The van der Waals surface area contributed by atoms with Crippen LogP contribution >= 0.6 is 11.6 Å². The van der Waals surface area contributed by atoms with Crippen LogP contribution < -0.4 is 4.74 Å².